The fourth-order valence-corrected chi connectivity index (χ4v) is 8.49. The Morgan fingerprint density at radius 3 is 2.61 bits per heavy atom. The first-order valence-electron chi connectivity index (χ1n) is 9.89. The minimum absolute atomic E-state index is 0.0429. The van der Waals surface area contributed by atoms with Crippen LogP contribution in [-0.4, -0.2) is 47.2 Å². The van der Waals surface area contributed by atoms with Gasteiger partial charge in [0.25, 0.3) is 0 Å². The van der Waals surface area contributed by atoms with Crippen LogP contribution in [0.15, 0.2) is 29.3 Å². The third-order valence-corrected chi connectivity index (χ3v) is 9.40. The van der Waals surface area contributed by atoms with Crippen molar-refractivity contribution in [1.82, 2.24) is 4.90 Å². The fourth-order valence-electron chi connectivity index (χ4n) is 4.40. The lowest BCUT2D eigenvalue weighted by molar-refractivity contribution is -0.118. The van der Waals surface area contributed by atoms with Crippen LogP contribution in [0.25, 0.3) is 0 Å². The largest absolute Gasteiger partial charge is 0.342 e. The summed E-state index contributed by atoms with van der Waals surface area (Å²) < 4.78 is 24.2. The Morgan fingerprint density at radius 1 is 1.18 bits per heavy atom. The van der Waals surface area contributed by atoms with E-state index in [2.05, 4.69) is 4.99 Å². The van der Waals surface area contributed by atoms with Crippen LogP contribution in [0, 0.1) is 5.92 Å². The molecular weight excluding hydrogens is 416 g/mol. The zero-order chi connectivity index (χ0) is 19.7. The van der Waals surface area contributed by atoms with Crippen LogP contribution in [-0.2, 0) is 21.2 Å². The topological polar surface area (TPSA) is 66.8 Å². The maximum Gasteiger partial charge on any atom is 0.248 e. The molecular formula is C20H25ClN2O3S2. The van der Waals surface area contributed by atoms with E-state index >= 15 is 0 Å². The number of sulfone groups is 1. The van der Waals surface area contributed by atoms with E-state index in [-0.39, 0.29) is 28.7 Å². The molecule has 0 aromatic heterocycles. The molecule has 28 heavy (non-hydrogen) atoms. The minimum Gasteiger partial charge on any atom is -0.342 e. The monoisotopic (exact) mass is 440 g/mol. The van der Waals surface area contributed by atoms with Gasteiger partial charge in [0.05, 0.1) is 17.5 Å². The van der Waals surface area contributed by atoms with E-state index in [1.165, 1.54) is 37.4 Å². The first-order chi connectivity index (χ1) is 13.4. The van der Waals surface area contributed by atoms with Gasteiger partial charge in [-0.2, -0.15) is 4.99 Å². The van der Waals surface area contributed by atoms with Crippen molar-refractivity contribution in [3.63, 3.8) is 0 Å². The molecule has 2 atom stereocenters. The maximum absolute atomic E-state index is 12.5. The number of halogens is 1. The van der Waals surface area contributed by atoms with E-state index in [0.29, 0.717) is 29.1 Å². The molecule has 1 amide bonds. The van der Waals surface area contributed by atoms with Gasteiger partial charge in [-0.1, -0.05) is 61.2 Å². The maximum atomic E-state index is 12.5. The third-order valence-electron chi connectivity index (χ3n) is 5.90. The van der Waals surface area contributed by atoms with Crippen LogP contribution in [0.2, 0.25) is 5.02 Å². The number of amidine groups is 1. The normalized spacial score (nSPS) is 28.2. The average molecular weight is 441 g/mol. The Balaban J connectivity index is 1.49. The van der Waals surface area contributed by atoms with Crippen molar-refractivity contribution in [2.24, 2.45) is 10.9 Å². The molecule has 2 aliphatic heterocycles. The van der Waals surface area contributed by atoms with E-state index in [4.69, 9.17) is 11.6 Å². The van der Waals surface area contributed by atoms with Gasteiger partial charge in [-0.05, 0) is 30.0 Å². The summed E-state index contributed by atoms with van der Waals surface area (Å²) in [6.45, 7) is 0.537. The number of hydrogen-bond acceptors (Lipinski definition) is 4. The van der Waals surface area contributed by atoms with E-state index < -0.39 is 9.84 Å². The quantitative estimate of drug-likeness (QED) is 0.694. The van der Waals surface area contributed by atoms with Crippen LogP contribution >= 0.6 is 23.4 Å². The van der Waals surface area contributed by atoms with Gasteiger partial charge in [0.1, 0.15) is 0 Å². The van der Waals surface area contributed by atoms with Gasteiger partial charge >= 0.3 is 0 Å². The summed E-state index contributed by atoms with van der Waals surface area (Å²) in [6.07, 6.45) is 6.40. The Morgan fingerprint density at radius 2 is 1.89 bits per heavy atom. The van der Waals surface area contributed by atoms with Crippen molar-refractivity contribution >= 4 is 44.3 Å². The van der Waals surface area contributed by atoms with Gasteiger partial charge in [-0.25, -0.2) is 8.42 Å². The van der Waals surface area contributed by atoms with Gasteiger partial charge in [0.15, 0.2) is 15.0 Å². The van der Waals surface area contributed by atoms with Gasteiger partial charge < -0.3 is 4.90 Å². The second kappa shape index (κ2) is 8.36. The van der Waals surface area contributed by atoms with E-state index in [9.17, 15) is 13.2 Å². The lowest BCUT2D eigenvalue weighted by atomic mass is 10.0. The summed E-state index contributed by atoms with van der Waals surface area (Å²) in [5.41, 5.74) is 1.03. The number of hydrogen-bond donors (Lipinski definition) is 0. The lowest BCUT2D eigenvalue weighted by Crippen LogP contribution is -2.37. The lowest BCUT2D eigenvalue weighted by Gasteiger charge is -2.24. The molecule has 2 saturated heterocycles. The zero-order valence-corrected chi connectivity index (χ0v) is 18.1. The Labute approximate surface area is 175 Å². The van der Waals surface area contributed by atoms with Crippen LogP contribution in [0.5, 0.6) is 0 Å². The van der Waals surface area contributed by atoms with E-state index in [0.717, 1.165) is 12.0 Å². The van der Waals surface area contributed by atoms with Crippen molar-refractivity contribution in [1.29, 1.82) is 0 Å². The number of carbonyl (C=O) groups excluding carboxylic acids is 1. The molecule has 1 aromatic carbocycles. The molecule has 1 aliphatic carbocycles. The number of rotatable bonds is 5. The molecule has 0 bridgehead atoms. The third kappa shape index (κ3) is 4.74. The van der Waals surface area contributed by atoms with Gasteiger partial charge in [-0.3, -0.25) is 4.79 Å². The predicted octanol–water partition coefficient (Wildman–Crippen LogP) is 3.91. The Bertz CT molecular complexity index is 864. The molecule has 152 valence electrons. The summed E-state index contributed by atoms with van der Waals surface area (Å²) in [5, 5.41) is 1.30. The van der Waals surface area contributed by atoms with Crippen LogP contribution < -0.4 is 0 Å². The second-order valence-corrected chi connectivity index (χ2v) is 11.8. The molecule has 5 nitrogen and oxygen atoms in total. The molecule has 0 radical (unpaired) electrons. The summed E-state index contributed by atoms with van der Waals surface area (Å²) >= 11 is 7.43. The number of amides is 1. The van der Waals surface area contributed by atoms with Gasteiger partial charge in [0, 0.05) is 23.2 Å². The number of fused-ring (bicyclic) bond motifs is 1. The number of benzene rings is 1. The highest BCUT2D eigenvalue weighted by Gasteiger charge is 2.48. The molecule has 1 saturated carbocycles. The SMILES string of the molecule is O=C(CCC1CCCC1)N=C1SC2CS(=O)(=O)CC2N1Cc1ccc(Cl)cc1. The Kier molecular flexibility index (Phi) is 6.04. The summed E-state index contributed by atoms with van der Waals surface area (Å²) in [6, 6.07) is 7.40. The molecule has 2 heterocycles. The molecule has 3 fully saturated rings. The molecule has 3 aliphatic rings. The summed E-state index contributed by atoms with van der Waals surface area (Å²) in [4.78, 5) is 18.9. The molecule has 2 unspecified atom stereocenters. The molecule has 8 heteroatoms. The number of carbonyl (C=O) groups is 1. The average Bonchev–Trinajstić information content (AvgIpc) is 3.32. The van der Waals surface area contributed by atoms with Crippen LogP contribution in [0.4, 0.5) is 0 Å². The van der Waals surface area contributed by atoms with Crippen molar-refractivity contribution in [3.05, 3.63) is 34.9 Å². The van der Waals surface area contributed by atoms with Crippen LogP contribution in [0.3, 0.4) is 0 Å². The van der Waals surface area contributed by atoms with Crippen molar-refractivity contribution in [2.45, 2.75) is 56.4 Å². The number of nitrogens with zero attached hydrogens (tertiary/aromatic N) is 2. The minimum atomic E-state index is -3.03. The standard InChI is InChI=1S/C20H25ClN2O3S2/c21-16-8-5-15(6-9-16)11-23-17-12-28(25,26)13-18(17)27-20(23)22-19(24)10-7-14-3-1-2-4-14/h5-6,8-9,14,17-18H,1-4,7,10-13H2. The van der Waals surface area contributed by atoms with Crippen LogP contribution in [0.1, 0.15) is 44.1 Å². The number of thioether (sulfide) groups is 1. The first-order valence-corrected chi connectivity index (χ1v) is 13.0. The second-order valence-electron chi connectivity index (χ2n) is 8.03. The molecule has 0 N–H and O–H groups in total. The Hall–Kier alpha value is -1.05. The molecule has 4 rings (SSSR count). The molecule has 0 spiro atoms. The summed E-state index contributed by atoms with van der Waals surface area (Å²) in [7, 11) is -3.03. The van der Waals surface area contributed by atoms with Gasteiger partial charge in [-0.15, -0.1) is 0 Å². The smallest absolute Gasteiger partial charge is 0.248 e. The number of aliphatic imine (C=N–C) groups is 1. The van der Waals surface area contributed by atoms with E-state index in [1.807, 2.05) is 29.2 Å². The highest BCUT2D eigenvalue weighted by atomic mass is 35.5. The molecule has 1 aromatic rings. The highest BCUT2D eigenvalue weighted by Crippen LogP contribution is 2.39. The van der Waals surface area contributed by atoms with Crippen molar-refractivity contribution in [3.8, 4) is 0 Å². The highest BCUT2D eigenvalue weighted by molar-refractivity contribution is 8.15. The fraction of sp³-hybridized carbons (Fsp3) is 0.600. The summed E-state index contributed by atoms with van der Waals surface area (Å²) in [5.74, 6) is 0.871. The van der Waals surface area contributed by atoms with Crippen molar-refractivity contribution in [2.75, 3.05) is 11.5 Å². The van der Waals surface area contributed by atoms with Crippen molar-refractivity contribution < 1.29 is 13.2 Å². The first kappa shape index (κ1) is 20.2. The zero-order valence-electron chi connectivity index (χ0n) is 15.7. The predicted molar refractivity (Wildman–Crippen MR) is 114 cm³/mol. The van der Waals surface area contributed by atoms with E-state index in [1.54, 1.807) is 0 Å². The van der Waals surface area contributed by atoms with Gasteiger partial charge in [0.2, 0.25) is 5.91 Å².